The Balaban J connectivity index is 1.12. The maximum Gasteiger partial charge on any atom is 0.337 e. The zero-order valence-electron chi connectivity index (χ0n) is 45.1. The summed E-state index contributed by atoms with van der Waals surface area (Å²) in [5, 5.41) is 1.21. The van der Waals surface area contributed by atoms with E-state index in [2.05, 4.69) is 254 Å². The number of para-hydroxylation sites is 2. The lowest BCUT2D eigenvalue weighted by molar-refractivity contribution is 0.332. The molecule has 6 aliphatic rings. The topological polar surface area (TPSA) is 19.6 Å². The van der Waals surface area contributed by atoms with Crippen LogP contribution in [0.4, 0.5) is 28.6 Å². The van der Waals surface area contributed by atoms with Gasteiger partial charge in [0, 0.05) is 44.5 Å². The summed E-state index contributed by atoms with van der Waals surface area (Å²) in [5.41, 5.74) is 30.0. The van der Waals surface area contributed by atoms with Crippen LogP contribution in [-0.2, 0) is 27.1 Å². The Bertz CT molecular complexity index is 4170. The molecule has 0 N–H and O–H groups in total. The number of hydrogen-bond donors (Lipinski definition) is 0. The molecular formula is C72H61BN2O. The maximum absolute atomic E-state index is 7.86. The first kappa shape index (κ1) is 44.5. The number of furan rings is 1. The molecule has 0 saturated heterocycles. The maximum atomic E-state index is 7.86. The van der Waals surface area contributed by atoms with Gasteiger partial charge in [0.1, 0.15) is 5.58 Å². The largest absolute Gasteiger partial charge is 0.440 e. The molecule has 0 unspecified atom stereocenters. The first-order valence-electron chi connectivity index (χ1n) is 27.8. The Morgan fingerprint density at radius 2 is 1.04 bits per heavy atom. The van der Waals surface area contributed by atoms with Crippen LogP contribution in [0.15, 0.2) is 186 Å². The molecular weight excluding hydrogens is 920 g/mol. The number of fused-ring (bicyclic) bond motifs is 20. The Morgan fingerprint density at radius 1 is 0.461 bits per heavy atom. The number of nitrogens with zero attached hydrogens (tertiary/aromatic N) is 2. The summed E-state index contributed by atoms with van der Waals surface area (Å²) in [7, 11) is 0. The second-order valence-corrected chi connectivity index (χ2v) is 25.8. The van der Waals surface area contributed by atoms with E-state index >= 15 is 0 Å². The van der Waals surface area contributed by atoms with E-state index in [4.69, 9.17) is 4.42 Å². The summed E-state index contributed by atoms with van der Waals surface area (Å²) in [5.74, 6) is 0.901. The van der Waals surface area contributed by atoms with E-state index in [1.54, 1.807) is 0 Å². The molecule has 0 amide bonds. The average molecular weight is 981 g/mol. The lowest BCUT2D eigenvalue weighted by Crippen LogP contribution is -2.63. The van der Waals surface area contributed by atoms with Crippen molar-refractivity contribution >= 4 is 57.4 Å². The predicted octanol–water partition coefficient (Wildman–Crippen LogP) is 17.4. The smallest absolute Gasteiger partial charge is 0.337 e. The molecule has 4 heterocycles. The Labute approximate surface area is 448 Å². The van der Waals surface area contributed by atoms with Gasteiger partial charge < -0.3 is 9.23 Å². The van der Waals surface area contributed by atoms with E-state index in [0.29, 0.717) is 0 Å². The second kappa shape index (κ2) is 14.6. The van der Waals surface area contributed by atoms with Crippen molar-refractivity contribution in [2.75, 3.05) is 9.71 Å². The Kier molecular flexibility index (Phi) is 8.52. The molecule has 3 aliphatic heterocycles. The lowest BCUT2D eigenvalue weighted by atomic mass is 9.41. The highest BCUT2D eigenvalue weighted by Gasteiger charge is 2.59. The van der Waals surface area contributed by atoms with Crippen molar-refractivity contribution in [2.45, 2.75) is 102 Å². The van der Waals surface area contributed by atoms with Crippen molar-refractivity contribution in [3.63, 3.8) is 0 Å². The Hall–Kier alpha value is -7.82. The van der Waals surface area contributed by atoms with Gasteiger partial charge in [-0.05, 0) is 154 Å². The molecule has 1 spiro atoms. The molecule has 0 bridgehead atoms. The molecule has 0 atom stereocenters. The average Bonchev–Trinajstić information content (AvgIpc) is 3.47. The molecule has 4 heteroatoms. The van der Waals surface area contributed by atoms with Gasteiger partial charge in [0.2, 0.25) is 5.88 Å². The van der Waals surface area contributed by atoms with Crippen LogP contribution in [0.25, 0.3) is 55.5 Å². The van der Waals surface area contributed by atoms with Gasteiger partial charge in [-0.2, -0.15) is 0 Å². The molecule has 1 aromatic heterocycles. The molecule has 9 aromatic carbocycles. The van der Waals surface area contributed by atoms with Gasteiger partial charge in [0.25, 0.3) is 0 Å². The van der Waals surface area contributed by atoms with E-state index in [0.717, 1.165) is 30.0 Å². The van der Waals surface area contributed by atoms with Crippen LogP contribution in [0.5, 0.6) is 0 Å². The van der Waals surface area contributed by atoms with Crippen LogP contribution in [-0.4, -0.2) is 6.85 Å². The minimum absolute atomic E-state index is 0.00211. The second-order valence-electron chi connectivity index (χ2n) is 25.8. The highest BCUT2D eigenvalue weighted by atomic mass is 16.4. The van der Waals surface area contributed by atoms with Crippen LogP contribution in [0, 0.1) is 0 Å². The fraction of sp³-hybridized carbons (Fsp3) is 0.222. The van der Waals surface area contributed by atoms with E-state index in [-0.39, 0.29) is 28.5 Å². The molecule has 76 heavy (non-hydrogen) atoms. The zero-order chi connectivity index (χ0) is 51.6. The highest BCUT2D eigenvalue weighted by Crippen LogP contribution is 2.67. The molecule has 3 nitrogen and oxygen atoms in total. The fourth-order valence-corrected chi connectivity index (χ4v) is 15.7. The normalized spacial score (nSPS) is 17.5. The zero-order valence-corrected chi connectivity index (χ0v) is 45.1. The molecule has 10 aromatic rings. The minimum Gasteiger partial charge on any atom is -0.440 e. The SMILES string of the molecule is CC(C)(C)c1ccc(N2c3cc4c(c5c3B(c3c2oc2cc6c(cc32)C(C)(C)CCC6(C)C)N2c3ccccc3C3(c6ccccc6-c6ccccc63)c3cccc-5c32)C(C)(C)c2ccccc2-4)c(-c2ccccc2)c1. The van der Waals surface area contributed by atoms with Crippen molar-refractivity contribution in [3.8, 4) is 44.5 Å². The van der Waals surface area contributed by atoms with E-state index in [1.807, 2.05) is 0 Å². The van der Waals surface area contributed by atoms with E-state index in [1.165, 1.54) is 128 Å². The summed E-state index contributed by atoms with van der Waals surface area (Å²) < 4.78 is 7.86. The van der Waals surface area contributed by atoms with Gasteiger partial charge in [0.15, 0.2) is 0 Å². The summed E-state index contributed by atoms with van der Waals surface area (Å²) in [4.78, 5) is 5.36. The molecule has 0 fully saturated rings. The number of anilines is 5. The highest BCUT2D eigenvalue weighted by molar-refractivity contribution is 6.95. The van der Waals surface area contributed by atoms with Crippen molar-refractivity contribution in [1.82, 2.24) is 0 Å². The van der Waals surface area contributed by atoms with Crippen molar-refractivity contribution in [2.24, 2.45) is 0 Å². The summed E-state index contributed by atoms with van der Waals surface area (Å²) >= 11 is 0. The monoisotopic (exact) mass is 980 g/mol. The predicted molar refractivity (Wildman–Crippen MR) is 318 cm³/mol. The quantitative estimate of drug-likeness (QED) is 0.161. The van der Waals surface area contributed by atoms with Gasteiger partial charge in [-0.1, -0.05) is 208 Å². The van der Waals surface area contributed by atoms with Gasteiger partial charge >= 0.3 is 6.85 Å². The van der Waals surface area contributed by atoms with Crippen molar-refractivity contribution in [1.29, 1.82) is 0 Å². The first-order chi connectivity index (χ1) is 36.6. The lowest BCUT2D eigenvalue weighted by Gasteiger charge is -2.52. The van der Waals surface area contributed by atoms with E-state index in [9.17, 15) is 0 Å². The molecule has 3 aliphatic carbocycles. The third-order valence-electron chi connectivity index (χ3n) is 19.4. The van der Waals surface area contributed by atoms with Gasteiger partial charge in [-0.25, -0.2) is 0 Å². The van der Waals surface area contributed by atoms with Crippen LogP contribution in [0.2, 0.25) is 0 Å². The van der Waals surface area contributed by atoms with Crippen LogP contribution >= 0.6 is 0 Å². The molecule has 0 saturated carbocycles. The van der Waals surface area contributed by atoms with Crippen LogP contribution in [0.3, 0.4) is 0 Å². The molecule has 368 valence electrons. The summed E-state index contributed by atoms with van der Waals surface area (Å²) in [6, 6.07) is 70.4. The van der Waals surface area contributed by atoms with Crippen LogP contribution in [0.1, 0.15) is 125 Å². The standard InChI is InChI=1S/C72H61BN2O/c1-68(2,3)43-34-35-58(48(38-43)42-22-11-10-12-23-42)74-60-40-49-46-26-13-16-28-51(46)71(8,9)63(49)62-47-27-21-32-55-66(47)75(59-33-20-19-31-54(59)72(55)52-29-17-14-24-44(52)45-25-15-18-30-53(45)72)73(65(60)62)64-50-39-56-57(41-61(50)76-67(64)74)70(6,7)37-36-69(56,4)5/h10-35,38-41H,36-37H2,1-9H3. The minimum atomic E-state index is -0.557. The number of rotatable bonds is 2. The van der Waals surface area contributed by atoms with E-state index < -0.39 is 5.41 Å². The van der Waals surface area contributed by atoms with Gasteiger partial charge in [-0.15, -0.1) is 0 Å². The molecule has 0 radical (unpaired) electrons. The first-order valence-corrected chi connectivity index (χ1v) is 27.8. The number of benzene rings is 9. The van der Waals surface area contributed by atoms with Crippen molar-refractivity contribution in [3.05, 3.63) is 232 Å². The molecule has 16 rings (SSSR count). The fourth-order valence-electron chi connectivity index (χ4n) is 15.7. The van der Waals surface area contributed by atoms with Gasteiger partial charge in [0.05, 0.1) is 11.1 Å². The third kappa shape index (κ3) is 5.40. The summed E-state index contributed by atoms with van der Waals surface area (Å²) in [6.07, 6.45) is 2.26. The third-order valence-corrected chi connectivity index (χ3v) is 19.4. The van der Waals surface area contributed by atoms with Gasteiger partial charge in [-0.3, -0.25) is 4.90 Å². The summed E-state index contributed by atoms with van der Waals surface area (Å²) in [6.45, 7) is 21.5. The van der Waals surface area contributed by atoms with Crippen molar-refractivity contribution < 1.29 is 4.42 Å². The van der Waals surface area contributed by atoms with Crippen LogP contribution < -0.4 is 20.6 Å². The Morgan fingerprint density at radius 3 is 1.72 bits per heavy atom. The number of hydrogen-bond acceptors (Lipinski definition) is 3.